The minimum atomic E-state index is -0.275. The van der Waals surface area contributed by atoms with Gasteiger partial charge >= 0.3 is 0 Å². The summed E-state index contributed by atoms with van der Waals surface area (Å²) in [6.07, 6.45) is 2.85. The van der Waals surface area contributed by atoms with E-state index in [9.17, 15) is 9.18 Å². The van der Waals surface area contributed by atoms with Crippen LogP contribution >= 0.6 is 0 Å². The molecule has 1 aromatic carbocycles. The highest BCUT2D eigenvalue weighted by Gasteiger charge is 2.06. The van der Waals surface area contributed by atoms with Crippen molar-refractivity contribution < 1.29 is 13.7 Å². The van der Waals surface area contributed by atoms with E-state index < -0.39 is 0 Å². The van der Waals surface area contributed by atoms with Crippen LogP contribution in [0.4, 0.5) is 4.39 Å². The molecule has 0 N–H and O–H groups in total. The Hall–Kier alpha value is -1.97. The summed E-state index contributed by atoms with van der Waals surface area (Å²) in [4.78, 5) is 10.2. The van der Waals surface area contributed by atoms with Gasteiger partial charge in [0.2, 0.25) is 0 Å². The Morgan fingerprint density at radius 1 is 1.29 bits per heavy atom. The van der Waals surface area contributed by atoms with E-state index in [2.05, 4.69) is 5.16 Å². The molecule has 88 valence electrons. The molecule has 0 saturated heterocycles. The second kappa shape index (κ2) is 5.39. The zero-order valence-corrected chi connectivity index (χ0v) is 9.23. The Kier molecular flexibility index (Phi) is 3.65. The summed E-state index contributed by atoms with van der Waals surface area (Å²) < 4.78 is 17.9. The molecule has 17 heavy (non-hydrogen) atoms. The lowest BCUT2D eigenvalue weighted by Gasteiger charge is -1.93. The predicted octanol–water partition coefficient (Wildman–Crippen LogP) is 3.00. The van der Waals surface area contributed by atoms with Crippen LogP contribution in [0.2, 0.25) is 0 Å². The van der Waals surface area contributed by atoms with Gasteiger partial charge in [0, 0.05) is 24.5 Å². The van der Waals surface area contributed by atoms with Crippen molar-refractivity contribution in [2.75, 3.05) is 0 Å². The molecule has 1 heterocycles. The maximum Gasteiger partial charge on any atom is 0.137 e. The lowest BCUT2D eigenvalue weighted by Crippen LogP contribution is -1.82. The third kappa shape index (κ3) is 3.00. The molecule has 0 aliphatic heterocycles. The highest BCUT2D eigenvalue weighted by molar-refractivity contribution is 5.58. The van der Waals surface area contributed by atoms with Crippen molar-refractivity contribution in [1.82, 2.24) is 5.16 Å². The minimum Gasteiger partial charge on any atom is -0.361 e. The Bertz CT molecular complexity index is 490. The van der Waals surface area contributed by atoms with Crippen LogP contribution in [-0.2, 0) is 11.2 Å². The number of hydrogen-bond acceptors (Lipinski definition) is 3. The number of carbonyl (C=O) groups excluding carboxylic acids is 1. The van der Waals surface area contributed by atoms with Crippen molar-refractivity contribution in [2.24, 2.45) is 0 Å². The summed E-state index contributed by atoms with van der Waals surface area (Å²) in [5, 5.41) is 3.91. The molecule has 0 atom stereocenters. The molecule has 0 fully saturated rings. The second-order valence-corrected chi connectivity index (χ2v) is 3.74. The maximum atomic E-state index is 12.7. The SMILES string of the molecule is O=CCCCc1cc(-c2ccc(F)cc2)no1. The first kappa shape index (κ1) is 11.5. The number of aldehydes is 1. The van der Waals surface area contributed by atoms with Gasteiger partial charge in [-0.05, 0) is 30.7 Å². The Morgan fingerprint density at radius 2 is 2.06 bits per heavy atom. The summed E-state index contributed by atoms with van der Waals surface area (Å²) in [6.45, 7) is 0. The normalized spacial score (nSPS) is 10.4. The van der Waals surface area contributed by atoms with Crippen LogP contribution in [0.1, 0.15) is 18.6 Å². The molecule has 0 spiro atoms. The van der Waals surface area contributed by atoms with Gasteiger partial charge in [-0.25, -0.2) is 4.39 Å². The van der Waals surface area contributed by atoms with Crippen LogP contribution < -0.4 is 0 Å². The van der Waals surface area contributed by atoms with Crippen LogP contribution in [-0.4, -0.2) is 11.4 Å². The molecular weight excluding hydrogens is 221 g/mol. The fourth-order valence-electron chi connectivity index (χ4n) is 1.55. The van der Waals surface area contributed by atoms with Gasteiger partial charge in [-0.15, -0.1) is 0 Å². The van der Waals surface area contributed by atoms with E-state index in [1.54, 1.807) is 12.1 Å². The third-order valence-electron chi connectivity index (χ3n) is 2.44. The molecule has 0 bridgehead atoms. The highest BCUT2D eigenvalue weighted by atomic mass is 19.1. The Labute approximate surface area is 98.2 Å². The number of benzene rings is 1. The summed E-state index contributed by atoms with van der Waals surface area (Å²) in [6, 6.07) is 7.90. The topological polar surface area (TPSA) is 43.1 Å². The van der Waals surface area contributed by atoms with E-state index >= 15 is 0 Å². The maximum absolute atomic E-state index is 12.7. The minimum absolute atomic E-state index is 0.275. The Morgan fingerprint density at radius 3 is 2.76 bits per heavy atom. The van der Waals surface area contributed by atoms with Crippen LogP contribution in [0.3, 0.4) is 0 Å². The number of carbonyl (C=O) groups is 1. The molecule has 3 nitrogen and oxygen atoms in total. The van der Waals surface area contributed by atoms with Gasteiger partial charge in [0.1, 0.15) is 23.6 Å². The van der Waals surface area contributed by atoms with Crippen molar-refractivity contribution in [1.29, 1.82) is 0 Å². The molecule has 2 aromatic rings. The fraction of sp³-hybridized carbons (Fsp3) is 0.231. The van der Waals surface area contributed by atoms with Crippen molar-refractivity contribution in [3.8, 4) is 11.3 Å². The zero-order chi connectivity index (χ0) is 12.1. The van der Waals surface area contributed by atoms with E-state index in [-0.39, 0.29) is 5.82 Å². The van der Waals surface area contributed by atoms with Crippen LogP contribution in [0.25, 0.3) is 11.3 Å². The quantitative estimate of drug-likeness (QED) is 0.589. The van der Waals surface area contributed by atoms with Crippen molar-refractivity contribution in [3.63, 3.8) is 0 Å². The van der Waals surface area contributed by atoms with Gasteiger partial charge in [0.05, 0.1) is 0 Å². The van der Waals surface area contributed by atoms with Crippen molar-refractivity contribution >= 4 is 6.29 Å². The van der Waals surface area contributed by atoms with Crippen LogP contribution in [0.15, 0.2) is 34.9 Å². The van der Waals surface area contributed by atoms with Gasteiger partial charge in [0.15, 0.2) is 0 Å². The van der Waals surface area contributed by atoms with E-state index in [0.717, 1.165) is 24.0 Å². The number of rotatable bonds is 5. The molecule has 0 aliphatic carbocycles. The number of halogens is 1. The molecule has 0 unspecified atom stereocenters. The van der Waals surface area contributed by atoms with Gasteiger partial charge < -0.3 is 9.32 Å². The molecule has 0 saturated carbocycles. The van der Waals surface area contributed by atoms with Crippen LogP contribution in [0, 0.1) is 5.82 Å². The van der Waals surface area contributed by atoms with Crippen molar-refractivity contribution in [3.05, 3.63) is 41.9 Å². The largest absolute Gasteiger partial charge is 0.361 e. The number of nitrogens with zero attached hydrogens (tertiary/aromatic N) is 1. The summed E-state index contributed by atoms with van der Waals surface area (Å²) in [5.74, 6) is 0.467. The monoisotopic (exact) mass is 233 g/mol. The molecule has 0 aliphatic rings. The standard InChI is InChI=1S/C13H12FNO2/c14-11-6-4-10(5-7-11)13-9-12(17-15-13)3-1-2-8-16/h4-9H,1-3H2. The van der Waals surface area contributed by atoms with Gasteiger partial charge in [0.25, 0.3) is 0 Å². The lowest BCUT2D eigenvalue weighted by atomic mass is 10.1. The molecule has 4 heteroatoms. The predicted molar refractivity (Wildman–Crippen MR) is 60.9 cm³/mol. The van der Waals surface area contributed by atoms with Crippen LogP contribution in [0.5, 0.6) is 0 Å². The summed E-state index contributed by atoms with van der Waals surface area (Å²) in [7, 11) is 0. The van der Waals surface area contributed by atoms with Gasteiger partial charge in [-0.3, -0.25) is 0 Å². The van der Waals surface area contributed by atoms with Gasteiger partial charge in [-0.1, -0.05) is 5.16 Å². The molecule has 0 radical (unpaired) electrons. The van der Waals surface area contributed by atoms with Crippen molar-refractivity contribution in [2.45, 2.75) is 19.3 Å². The molecule has 2 rings (SSSR count). The fourth-order valence-corrected chi connectivity index (χ4v) is 1.55. The van der Waals surface area contributed by atoms with Gasteiger partial charge in [-0.2, -0.15) is 0 Å². The number of unbranched alkanes of at least 4 members (excludes halogenated alkanes) is 1. The number of aryl methyl sites for hydroxylation is 1. The zero-order valence-electron chi connectivity index (χ0n) is 9.23. The first-order valence-electron chi connectivity index (χ1n) is 5.45. The second-order valence-electron chi connectivity index (χ2n) is 3.74. The molecule has 0 amide bonds. The van der Waals surface area contributed by atoms with E-state index in [1.165, 1.54) is 12.1 Å². The first-order valence-corrected chi connectivity index (χ1v) is 5.45. The molecule has 1 aromatic heterocycles. The van der Waals surface area contributed by atoms with E-state index in [0.29, 0.717) is 18.5 Å². The van der Waals surface area contributed by atoms with E-state index in [1.807, 2.05) is 6.07 Å². The third-order valence-corrected chi connectivity index (χ3v) is 2.44. The lowest BCUT2D eigenvalue weighted by molar-refractivity contribution is -0.107. The Balaban J connectivity index is 2.07. The highest BCUT2D eigenvalue weighted by Crippen LogP contribution is 2.20. The average molecular weight is 233 g/mol. The van der Waals surface area contributed by atoms with E-state index in [4.69, 9.17) is 4.52 Å². The summed E-state index contributed by atoms with van der Waals surface area (Å²) >= 11 is 0. The number of hydrogen-bond donors (Lipinski definition) is 0. The smallest absolute Gasteiger partial charge is 0.137 e. The summed E-state index contributed by atoms with van der Waals surface area (Å²) in [5.41, 5.74) is 1.50. The first-order chi connectivity index (χ1) is 8.29. The number of aromatic nitrogens is 1. The average Bonchev–Trinajstić information content (AvgIpc) is 2.79. The molecular formula is C13H12FNO2.